The smallest absolute Gasteiger partial charge is 0.160 e. The van der Waals surface area contributed by atoms with Crippen LogP contribution in [0.1, 0.15) is 36.5 Å². The molecule has 210 valence electrons. The summed E-state index contributed by atoms with van der Waals surface area (Å²) >= 11 is 0. The van der Waals surface area contributed by atoms with E-state index in [0.717, 1.165) is 62.9 Å². The van der Waals surface area contributed by atoms with Crippen LogP contribution in [0, 0.1) is 0 Å². The number of hydrogen-bond donors (Lipinski definition) is 0. The van der Waals surface area contributed by atoms with Gasteiger partial charge in [0.05, 0.1) is 11.4 Å². The minimum absolute atomic E-state index is 0.711. The molecule has 44 heavy (non-hydrogen) atoms. The van der Waals surface area contributed by atoms with Crippen molar-refractivity contribution < 1.29 is 4.42 Å². The lowest BCUT2D eigenvalue weighted by Crippen LogP contribution is -2.10. The zero-order valence-corrected chi connectivity index (χ0v) is 24.5. The van der Waals surface area contributed by atoms with Gasteiger partial charge in [-0.2, -0.15) is 0 Å². The minimum Gasteiger partial charge on any atom is -0.456 e. The van der Waals surface area contributed by atoms with E-state index in [9.17, 15) is 0 Å². The molecular formula is C41H30N2O. The van der Waals surface area contributed by atoms with Crippen LogP contribution in [0.4, 0.5) is 0 Å². The molecule has 3 heteroatoms. The zero-order valence-electron chi connectivity index (χ0n) is 24.5. The number of fused-ring (bicyclic) bond motifs is 4. The number of nitrogens with zero attached hydrogens (tertiary/aromatic N) is 2. The lowest BCUT2D eigenvalue weighted by molar-refractivity contribution is 0.669. The maximum atomic E-state index is 6.13. The summed E-state index contributed by atoms with van der Waals surface area (Å²) in [4.78, 5) is 10.6. The van der Waals surface area contributed by atoms with E-state index in [4.69, 9.17) is 14.4 Å². The molecule has 2 heterocycles. The van der Waals surface area contributed by atoms with Crippen LogP contribution in [-0.2, 0) is 0 Å². The lowest BCUT2D eigenvalue weighted by Gasteiger charge is -2.17. The predicted octanol–water partition coefficient (Wildman–Crippen LogP) is 10.9. The summed E-state index contributed by atoms with van der Waals surface area (Å²) in [5.74, 6) is 0.711. The third-order valence-electron chi connectivity index (χ3n) is 8.60. The first kappa shape index (κ1) is 26.1. The van der Waals surface area contributed by atoms with Gasteiger partial charge in [-0.3, -0.25) is 0 Å². The monoisotopic (exact) mass is 566 g/mol. The molecule has 0 spiro atoms. The van der Waals surface area contributed by atoms with Gasteiger partial charge in [0.15, 0.2) is 5.84 Å². The van der Waals surface area contributed by atoms with Gasteiger partial charge in [0, 0.05) is 21.9 Å². The highest BCUT2D eigenvalue weighted by atomic mass is 16.3. The molecule has 3 nitrogen and oxygen atoms in total. The maximum absolute atomic E-state index is 6.13. The molecule has 0 unspecified atom stereocenters. The van der Waals surface area contributed by atoms with Crippen molar-refractivity contribution in [3.05, 3.63) is 162 Å². The standard InChI is InChI=1S/C41H30N2O/c1-27-18-24-37(30-11-3-2-4-12-30)42-41(32-23-25-39-36(26-32)35-15-7-8-17-38(35)44-39)43-40(27)31-21-19-29(20-22-31)34-16-9-13-28-10-5-6-14-33(28)34/h2-17,19-23,25-26H,18,24H2,1H3/b40-27+,42-37+,43-41-. The molecule has 1 aliphatic rings. The number of amidine groups is 1. The SMILES string of the molecule is C\C1=C(c2ccc(-c3cccc4ccccc34)cc2)/N=C(c2ccc3oc4ccccc4c3c2)\N=C(\c2ccccc2)CC1. The second-order valence-electron chi connectivity index (χ2n) is 11.4. The molecule has 0 radical (unpaired) electrons. The van der Waals surface area contributed by atoms with E-state index in [1.807, 2.05) is 24.3 Å². The average molecular weight is 567 g/mol. The Bertz CT molecular complexity index is 2260. The number of hydrogen-bond acceptors (Lipinski definition) is 3. The van der Waals surface area contributed by atoms with Crippen molar-refractivity contribution in [2.45, 2.75) is 19.8 Å². The van der Waals surface area contributed by atoms with Crippen LogP contribution in [0.25, 0.3) is 49.5 Å². The van der Waals surface area contributed by atoms with Crippen LogP contribution in [0.3, 0.4) is 0 Å². The van der Waals surface area contributed by atoms with E-state index in [0.29, 0.717) is 5.84 Å². The molecule has 0 saturated carbocycles. The fourth-order valence-corrected chi connectivity index (χ4v) is 6.26. The van der Waals surface area contributed by atoms with E-state index in [1.54, 1.807) is 0 Å². The Morgan fingerprint density at radius 2 is 1.18 bits per heavy atom. The summed E-state index contributed by atoms with van der Waals surface area (Å²) in [6, 6.07) is 48.8. The number of benzene rings is 6. The fraction of sp³-hybridized carbons (Fsp3) is 0.0732. The highest BCUT2D eigenvalue weighted by Gasteiger charge is 2.17. The second kappa shape index (κ2) is 10.9. The lowest BCUT2D eigenvalue weighted by atomic mass is 9.95. The van der Waals surface area contributed by atoms with E-state index < -0.39 is 0 Å². The van der Waals surface area contributed by atoms with Crippen LogP contribution >= 0.6 is 0 Å². The first-order valence-electron chi connectivity index (χ1n) is 15.1. The van der Waals surface area contributed by atoms with Gasteiger partial charge in [-0.15, -0.1) is 0 Å². The molecule has 0 N–H and O–H groups in total. The van der Waals surface area contributed by atoms with Crippen LogP contribution < -0.4 is 0 Å². The van der Waals surface area contributed by atoms with E-state index in [2.05, 4.69) is 122 Å². The molecule has 0 aliphatic carbocycles. The van der Waals surface area contributed by atoms with Crippen LogP contribution in [-0.4, -0.2) is 11.5 Å². The zero-order chi connectivity index (χ0) is 29.5. The van der Waals surface area contributed by atoms with Gasteiger partial charge in [-0.25, -0.2) is 9.98 Å². The van der Waals surface area contributed by atoms with E-state index in [1.165, 1.54) is 27.5 Å². The number of para-hydroxylation sites is 1. The number of allylic oxidation sites excluding steroid dienone is 1. The molecule has 0 atom stereocenters. The summed E-state index contributed by atoms with van der Waals surface area (Å²) < 4.78 is 6.13. The van der Waals surface area contributed by atoms with Crippen LogP contribution in [0.2, 0.25) is 0 Å². The number of rotatable bonds is 4. The molecule has 0 saturated heterocycles. The van der Waals surface area contributed by atoms with Gasteiger partial charge in [0.2, 0.25) is 0 Å². The van der Waals surface area contributed by atoms with Crippen molar-refractivity contribution in [1.82, 2.24) is 0 Å². The normalized spacial score (nSPS) is 18.0. The van der Waals surface area contributed by atoms with Crippen molar-refractivity contribution in [1.29, 1.82) is 0 Å². The molecular weight excluding hydrogens is 536 g/mol. The molecule has 0 amide bonds. The number of furan rings is 1. The average Bonchev–Trinajstić information content (AvgIpc) is 3.45. The summed E-state index contributed by atoms with van der Waals surface area (Å²) in [5, 5.41) is 4.67. The molecule has 1 aliphatic heterocycles. The summed E-state index contributed by atoms with van der Waals surface area (Å²) in [5.41, 5.74) is 10.7. The Balaban J connectivity index is 1.26. The second-order valence-corrected chi connectivity index (χ2v) is 11.4. The Hall–Kier alpha value is -5.54. The fourth-order valence-electron chi connectivity index (χ4n) is 6.26. The third-order valence-corrected chi connectivity index (χ3v) is 8.60. The number of aliphatic imine (C=N–C) groups is 2. The Labute approximate surface area is 256 Å². The van der Waals surface area contributed by atoms with Crippen molar-refractivity contribution in [2.24, 2.45) is 9.98 Å². The third kappa shape index (κ3) is 4.73. The van der Waals surface area contributed by atoms with Crippen molar-refractivity contribution in [3.63, 3.8) is 0 Å². The van der Waals surface area contributed by atoms with Crippen LogP contribution in [0.5, 0.6) is 0 Å². The van der Waals surface area contributed by atoms with Crippen molar-refractivity contribution in [2.75, 3.05) is 0 Å². The highest BCUT2D eigenvalue weighted by Crippen LogP contribution is 2.34. The van der Waals surface area contributed by atoms with Crippen LogP contribution in [0.15, 0.2) is 160 Å². The Kier molecular flexibility index (Phi) is 6.49. The molecule has 8 rings (SSSR count). The van der Waals surface area contributed by atoms with Gasteiger partial charge in [0.1, 0.15) is 11.2 Å². The largest absolute Gasteiger partial charge is 0.456 e. The van der Waals surface area contributed by atoms with Gasteiger partial charge in [-0.1, -0.05) is 115 Å². The topological polar surface area (TPSA) is 37.9 Å². The molecule has 1 aromatic heterocycles. The highest BCUT2D eigenvalue weighted by molar-refractivity contribution is 6.16. The molecule has 6 aromatic carbocycles. The first-order valence-corrected chi connectivity index (χ1v) is 15.1. The molecule has 0 bridgehead atoms. The first-order chi connectivity index (χ1) is 21.7. The molecule has 0 fully saturated rings. The van der Waals surface area contributed by atoms with Crippen molar-refractivity contribution >= 4 is 50.0 Å². The van der Waals surface area contributed by atoms with Gasteiger partial charge in [0.25, 0.3) is 0 Å². The maximum Gasteiger partial charge on any atom is 0.160 e. The van der Waals surface area contributed by atoms with Crippen molar-refractivity contribution in [3.8, 4) is 11.1 Å². The summed E-state index contributed by atoms with van der Waals surface area (Å²) in [6.07, 6.45) is 1.72. The Morgan fingerprint density at radius 3 is 2.05 bits per heavy atom. The van der Waals surface area contributed by atoms with Gasteiger partial charge in [-0.05, 0) is 77.1 Å². The Morgan fingerprint density at radius 1 is 0.500 bits per heavy atom. The summed E-state index contributed by atoms with van der Waals surface area (Å²) in [6.45, 7) is 2.20. The minimum atomic E-state index is 0.711. The molecule has 7 aromatic rings. The predicted molar refractivity (Wildman–Crippen MR) is 184 cm³/mol. The van der Waals surface area contributed by atoms with E-state index >= 15 is 0 Å². The van der Waals surface area contributed by atoms with Gasteiger partial charge >= 0.3 is 0 Å². The summed E-state index contributed by atoms with van der Waals surface area (Å²) in [7, 11) is 0. The van der Waals surface area contributed by atoms with E-state index in [-0.39, 0.29) is 0 Å². The quantitative estimate of drug-likeness (QED) is 0.209. The van der Waals surface area contributed by atoms with Gasteiger partial charge < -0.3 is 4.42 Å².